The Morgan fingerprint density at radius 1 is 1.12 bits per heavy atom. The third-order valence-electron chi connectivity index (χ3n) is 4.21. The molecule has 2 N–H and O–H groups in total. The standard InChI is InChI=1S/C19H19ClN2O2S/c20-14-8-6-13(7-9-14)18(23)11-25-12-19(24)22-10-2-3-15-16(21)4-1-5-17(15)22/h1,4-9H,2-3,10-12,21H2. The molecule has 0 spiro atoms. The number of ketones is 1. The van der Waals surface area contributed by atoms with Crippen molar-refractivity contribution in [3.05, 3.63) is 58.6 Å². The molecule has 0 saturated heterocycles. The maximum Gasteiger partial charge on any atom is 0.236 e. The molecule has 0 fully saturated rings. The van der Waals surface area contributed by atoms with Crippen molar-refractivity contribution < 1.29 is 9.59 Å². The molecule has 1 aliphatic heterocycles. The molecule has 0 aromatic heterocycles. The summed E-state index contributed by atoms with van der Waals surface area (Å²) >= 11 is 7.16. The Kier molecular flexibility index (Phi) is 5.66. The van der Waals surface area contributed by atoms with Crippen molar-refractivity contribution in [2.24, 2.45) is 0 Å². The maximum atomic E-state index is 12.6. The average Bonchev–Trinajstić information content (AvgIpc) is 2.62. The van der Waals surface area contributed by atoms with Crippen molar-refractivity contribution in [1.82, 2.24) is 0 Å². The number of nitrogen functional groups attached to an aromatic ring is 1. The van der Waals surface area contributed by atoms with E-state index in [9.17, 15) is 9.59 Å². The van der Waals surface area contributed by atoms with Gasteiger partial charge in [-0.05, 0) is 54.8 Å². The summed E-state index contributed by atoms with van der Waals surface area (Å²) in [6, 6.07) is 12.5. The van der Waals surface area contributed by atoms with E-state index >= 15 is 0 Å². The highest BCUT2D eigenvalue weighted by Crippen LogP contribution is 2.31. The van der Waals surface area contributed by atoms with Crippen LogP contribution in [0.4, 0.5) is 11.4 Å². The Labute approximate surface area is 156 Å². The van der Waals surface area contributed by atoms with E-state index in [4.69, 9.17) is 17.3 Å². The molecule has 130 valence electrons. The van der Waals surface area contributed by atoms with Crippen molar-refractivity contribution in [1.29, 1.82) is 0 Å². The number of fused-ring (bicyclic) bond motifs is 1. The minimum absolute atomic E-state index is 0.00208. The fourth-order valence-electron chi connectivity index (χ4n) is 2.94. The van der Waals surface area contributed by atoms with Crippen molar-refractivity contribution in [3.8, 4) is 0 Å². The third kappa shape index (κ3) is 4.17. The number of nitrogens with two attached hydrogens (primary N) is 1. The van der Waals surface area contributed by atoms with E-state index in [1.54, 1.807) is 29.2 Å². The van der Waals surface area contributed by atoms with Crippen molar-refractivity contribution >= 4 is 46.4 Å². The highest BCUT2D eigenvalue weighted by molar-refractivity contribution is 8.00. The number of rotatable bonds is 5. The largest absolute Gasteiger partial charge is 0.398 e. The van der Waals surface area contributed by atoms with Crippen molar-refractivity contribution in [2.75, 3.05) is 28.7 Å². The molecule has 3 rings (SSSR count). The molecular formula is C19H19ClN2O2S. The first kappa shape index (κ1) is 17.8. The predicted molar refractivity (Wildman–Crippen MR) is 105 cm³/mol. The molecule has 0 unspecified atom stereocenters. The van der Waals surface area contributed by atoms with Gasteiger partial charge < -0.3 is 10.6 Å². The first-order valence-electron chi connectivity index (χ1n) is 8.10. The topological polar surface area (TPSA) is 63.4 Å². The van der Waals surface area contributed by atoms with Crippen LogP contribution < -0.4 is 10.6 Å². The van der Waals surface area contributed by atoms with Crippen LogP contribution >= 0.6 is 23.4 Å². The highest BCUT2D eigenvalue weighted by Gasteiger charge is 2.23. The molecule has 4 nitrogen and oxygen atoms in total. The number of benzene rings is 2. The maximum absolute atomic E-state index is 12.6. The Bertz CT molecular complexity index is 793. The number of nitrogens with zero attached hydrogens (tertiary/aromatic N) is 1. The van der Waals surface area contributed by atoms with Crippen molar-refractivity contribution in [3.63, 3.8) is 0 Å². The number of carbonyl (C=O) groups is 2. The van der Waals surface area contributed by atoms with Crippen LogP contribution in [0, 0.1) is 0 Å². The van der Waals surface area contributed by atoms with Gasteiger partial charge in [-0.15, -0.1) is 11.8 Å². The second-order valence-corrected chi connectivity index (χ2v) is 7.34. The van der Waals surface area contributed by atoms with Gasteiger partial charge in [0.25, 0.3) is 0 Å². The molecule has 0 aliphatic carbocycles. The number of halogens is 1. The first-order chi connectivity index (χ1) is 12.1. The van der Waals surface area contributed by atoms with Crippen LogP contribution in [0.2, 0.25) is 5.02 Å². The normalized spacial score (nSPS) is 13.4. The molecular weight excluding hydrogens is 356 g/mol. The van der Waals surface area contributed by atoms with E-state index in [0.29, 0.717) is 17.1 Å². The number of thioether (sulfide) groups is 1. The van der Waals surface area contributed by atoms with Gasteiger partial charge in [0.1, 0.15) is 0 Å². The molecule has 6 heteroatoms. The van der Waals surface area contributed by atoms with Gasteiger partial charge in [-0.25, -0.2) is 0 Å². The van der Waals surface area contributed by atoms with Gasteiger partial charge in [0, 0.05) is 28.5 Å². The Morgan fingerprint density at radius 3 is 2.64 bits per heavy atom. The number of carbonyl (C=O) groups excluding carboxylic acids is 2. The van der Waals surface area contributed by atoms with Crippen LogP contribution in [0.15, 0.2) is 42.5 Å². The fourth-order valence-corrected chi connectivity index (χ4v) is 3.85. The Balaban J connectivity index is 1.58. The van der Waals surface area contributed by atoms with Gasteiger partial charge in [0.05, 0.1) is 11.5 Å². The summed E-state index contributed by atoms with van der Waals surface area (Å²) in [6.07, 6.45) is 1.80. The molecule has 1 heterocycles. The quantitative estimate of drug-likeness (QED) is 0.638. The molecule has 2 aromatic rings. The summed E-state index contributed by atoms with van der Waals surface area (Å²) in [5.74, 6) is 0.552. The van der Waals surface area contributed by atoms with E-state index < -0.39 is 0 Å². The monoisotopic (exact) mass is 374 g/mol. The summed E-state index contributed by atoms with van der Waals surface area (Å²) in [5.41, 5.74) is 9.32. The van der Waals surface area contributed by atoms with Gasteiger partial charge in [-0.3, -0.25) is 9.59 Å². The zero-order chi connectivity index (χ0) is 17.8. The molecule has 0 atom stereocenters. The van der Waals surface area contributed by atoms with Crippen LogP contribution in [-0.2, 0) is 11.2 Å². The molecule has 0 bridgehead atoms. The van der Waals surface area contributed by atoms with Gasteiger partial charge >= 0.3 is 0 Å². The van der Waals surface area contributed by atoms with E-state index in [-0.39, 0.29) is 23.2 Å². The van der Waals surface area contributed by atoms with Gasteiger partial charge in [0.15, 0.2) is 5.78 Å². The van der Waals surface area contributed by atoms with E-state index in [2.05, 4.69) is 0 Å². The second kappa shape index (κ2) is 7.93. The van der Waals surface area contributed by atoms with E-state index in [0.717, 1.165) is 29.8 Å². The summed E-state index contributed by atoms with van der Waals surface area (Å²) in [4.78, 5) is 26.5. The first-order valence-corrected chi connectivity index (χ1v) is 9.64. The van der Waals surface area contributed by atoms with Crippen LogP contribution in [-0.4, -0.2) is 29.7 Å². The smallest absolute Gasteiger partial charge is 0.236 e. The number of amides is 1. The molecule has 0 radical (unpaired) electrons. The number of Topliss-reactive ketones (excluding diaryl/α,β-unsaturated/α-hetero) is 1. The fraction of sp³-hybridized carbons (Fsp3) is 0.263. The minimum Gasteiger partial charge on any atom is -0.398 e. The van der Waals surface area contributed by atoms with Crippen LogP contribution in [0.1, 0.15) is 22.3 Å². The summed E-state index contributed by atoms with van der Waals surface area (Å²) in [7, 11) is 0. The van der Waals surface area contributed by atoms with Crippen molar-refractivity contribution in [2.45, 2.75) is 12.8 Å². The Morgan fingerprint density at radius 2 is 1.88 bits per heavy atom. The zero-order valence-electron chi connectivity index (χ0n) is 13.7. The Hall–Kier alpha value is -1.98. The SMILES string of the molecule is Nc1cccc2c1CCCN2C(=O)CSCC(=O)c1ccc(Cl)cc1. The van der Waals surface area contributed by atoms with Gasteiger partial charge in [-0.2, -0.15) is 0 Å². The summed E-state index contributed by atoms with van der Waals surface area (Å²) < 4.78 is 0. The molecule has 0 saturated carbocycles. The third-order valence-corrected chi connectivity index (χ3v) is 5.38. The lowest BCUT2D eigenvalue weighted by molar-refractivity contribution is -0.116. The van der Waals surface area contributed by atoms with Gasteiger partial charge in [-0.1, -0.05) is 17.7 Å². The van der Waals surface area contributed by atoms with E-state index in [1.807, 2.05) is 18.2 Å². The lowest BCUT2D eigenvalue weighted by Crippen LogP contribution is -2.37. The molecule has 1 aliphatic rings. The number of hydrogen-bond acceptors (Lipinski definition) is 4. The lowest BCUT2D eigenvalue weighted by atomic mass is 10.00. The molecule has 2 aromatic carbocycles. The zero-order valence-corrected chi connectivity index (χ0v) is 15.3. The average molecular weight is 375 g/mol. The molecule has 25 heavy (non-hydrogen) atoms. The van der Waals surface area contributed by atoms with Crippen LogP contribution in [0.25, 0.3) is 0 Å². The summed E-state index contributed by atoms with van der Waals surface area (Å²) in [5, 5.41) is 0.599. The van der Waals surface area contributed by atoms with Crippen LogP contribution in [0.5, 0.6) is 0 Å². The summed E-state index contributed by atoms with van der Waals surface area (Å²) in [6.45, 7) is 0.695. The highest BCUT2D eigenvalue weighted by atomic mass is 35.5. The minimum atomic E-state index is -0.00208. The number of hydrogen-bond donors (Lipinski definition) is 1. The van der Waals surface area contributed by atoms with E-state index in [1.165, 1.54) is 11.8 Å². The lowest BCUT2D eigenvalue weighted by Gasteiger charge is -2.30. The number of anilines is 2. The second-order valence-electron chi connectivity index (χ2n) is 5.92. The molecule has 1 amide bonds. The van der Waals surface area contributed by atoms with Crippen LogP contribution in [0.3, 0.4) is 0 Å². The predicted octanol–water partition coefficient (Wildman–Crippen LogP) is 3.82. The van der Waals surface area contributed by atoms with Gasteiger partial charge in [0.2, 0.25) is 5.91 Å².